The van der Waals surface area contributed by atoms with Crippen molar-refractivity contribution in [2.45, 2.75) is 12.5 Å². The fourth-order valence-electron chi connectivity index (χ4n) is 0.879. The summed E-state index contributed by atoms with van der Waals surface area (Å²) < 4.78 is 0. The van der Waals surface area contributed by atoms with E-state index in [1.54, 1.807) is 6.92 Å². The van der Waals surface area contributed by atoms with E-state index in [4.69, 9.17) is 10.2 Å². The van der Waals surface area contributed by atoms with Gasteiger partial charge < -0.3 is 15.5 Å². The van der Waals surface area contributed by atoms with Crippen LogP contribution in [0.15, 0.2) is 12.4 Å². The van der Waals surface area contributed by atoms with E-state index < -0.39 is 10.5 Å². The average molecular weight is 228 g/mol. The van der Waals surface area contributed by atoms with Crippen molar-refractivity contribution in [3.8, 4) is 0 Å². The van der Waals surface area contributed by atoms with Crippen molar-refractivity contribution in [1.29, 1.82) is 0 Å². The Morgan fingerprint density at radius 2 is 1.94 bits per heavy atom. The van der Waals surface area contributed by atoms with Gasteiger partial charge >= 0.3 is 5.69 Å². The first kappa shape index (κ1) is 12.3. The molecular formula is C8H12N4O4. The van der Waals surface area contributed by atoms with Crippen LogP contribution in [0.2, 0.25) is 0 Å². The van der Waals surface area contributed by atoms with Gasteiger partial charge in [0, 0.05) is 0 Å². The summed E-state index contributed by atoms with van der Waals surface area (Å²) in [4.78, 5) is 17.1. The molecule has 8 nitrogen and oxygen atoms in total. The Labute approximate surface area is 91.1 Å². The van der Waals surface area contributed by atoms with E-state index in [0.717, 1.165) is 12.4 Å². The molecule has 0 aromatic carbocycles. The van der Waals surface area contributed by atoms with Crippen LogP contribution < -0.4 is 5.32 Å². The predicted octanol–water partition coefficient (Wildman–Crippen LogP) is -0.460. The summed E-state index contributed by atoms with van der Waals surface area (Å²) in [5.74, 6) is 0.108. The molecule has 16 heavy (non-hydrogen) atoms. The Morgan fingerprint density at radius 1 is 1.44 bits per heavy atom. The molecule has 0 amide bonds. The highest BCUT2D eigenvalue weighted by molar-refractivity contribution is 5.33. The number of aromatic nitrogens is 2. The van der Waals surface area contributed by atoms with E-state index in [0.29, 0.717) is 0 Å². The van der Waals surface area contributed by atoms with Gasteiger partial charge in [0.1, 0.15) is 12.4 Å². The SMILES string of the molecule is CC(CO)(CO)Nc1ncc([N+](=O)[O-])cn1. The summed E-state index contributed by atoms with van der Waals surface area (Å²) >= 11 is 0. The molecule has 1 aromatic heterocycles. The lowest BCUT2D eigenvalue weighted by molar-refractivity contribution is -0.385. The molecule has 0 spiro atoms. The number of anilines is 1. The standard InChI is InChI=1S/C8H12N4O4/c1-8(4-13,5-14)11-7-9-2-6(3-10-7)12(15)16/h2-3,13-14H,4-5H2,1H3,(H,9,10,11). The monoisotopic (exact) mass is 228 g/mol. The van der Waals surface area contributed by atoms with Gasteiger partial charge in [-0.15, -0.1) is 0 Å². The molecule has 0 bridgehead atoms. The Balaban J connectivity index is 2.79. The molecule has 88 valence electrons. The zero-order valence-electron chi connectivity index (χ0n) is 8.62. The summed E-state index contributed by atoms with van der Waals surface area (Å²) in [5, 5.41) is 31.0. The van der Waals surface area contributed by atoms with Crippen LogP contribution in [-0.2, 0) is 0 Å². The van der Waals surface area contributed by atoms with Gasteiger partial charge in [-0.05, 0) is 6.92 Å². The molecule has 0 unspecified atom stereocenters. The number of rotatable bonds is 5. The molecule has 0 atom stereocenters. The van der Waals surface area contributed by atoms with Gasteiger partial charge in [-0.25, -0.2) is 9.97 Å². The van der Waals surface area contributed by atoms with E-state index in [1.807, 2.05) is 0 Å². The van der Waals surface area contributed by atoms with Crippen LogP contribution in [-0.4, -0.2) is 43.9 Å². The number of aliphatic hydroxyl groups is 2. The van der Waals surface area contributed by atoms with Crippen LogP contribution in [0.3, 0.4) is 0 Å². The zero-order valence-corrected chi connectivity index (χ0v) is 8.62. The maximum atomic E-state index is 10.3. The highest BCUT2D eigenvalue weighted by atomic mass is 16.6. The van der Waals surface area contributed by atoms with Crippen molar-refractivity contribution >= 4 is 11.6 Å². The van der Waals surface area contributed by atoms with E-state index in [1.165, 1.54) is 0 Å². The van der Waals surface area contributed by atoms with Crippen molar-refractivity contribution in [3.63, 3.8) is 0 Å². The lowest BCUT2D eigenvalue weighted by Crippen LogP contribution is -2.43. The van der Waals surface area contributed by atoms with E-state index in [2.05, 4.69) is 15.3 Å². The predicted molar refractivity (Wildman–Crippen MR) is 54.9 cm³/mol. The first-order valence-corrected chi connectivity index (χ1v) is 4.47. The largest absolute Gasteiger partial charge is 0.394 e. The minimum absolute atomic E-state index is 0.108. The zero-order chi connectivity index (χ0) is 12.2. The molecule has 1 heterocycles. The van der Waals surface area contributed by atoms with Gasteiger partial charge in [0.15, 0.2) is 0 Å². The second kappa shape index (κ2) is 4.81. The van der Waals surface area contributed by atoms with Crippen LogP contribution in [0.1, 0.15) is 6.92 Å². The van der Waals surface area contributed by atoms with Gasteiger partial charge in [-0.1, -0.05) is 0 Å². The molecule has 0 saturated carbocycles. The smallest absolute Gasteiger partial charge is 0.305 e. The van der Waals surface area contributed by atoms with Crippen molar-refractivity contribution in [1.82, 2.24) is 9.97 Å². The van der Waals surface area contributed by atoms with Crippen molar-refractivity contribution in [2.75, 3.05) is 18.5 Å². The number of nitrogens with zero attached hydrogens (tertiary/aromatic N) is 3. The first-order valence-electron chi connectivity index (χ1n) is 4.47. The fourth-order valence-corrected chi connectivity index (χ4v) is 0.879. The number of hydrogen-bond acceptors (Lipinski definition) is 7. The average Bonchev–Trinajstić information content (AvgIpc) is 2.29. The van der Waals surface area contributed by atoms with Gasteiger partial charge in [0.2, 0.25) is 5.95 Å². The fraction of sp³-hybridized carbons (Fsp3) is 0.500. The Morgan fingerprint density at radius 3 is 2.31 bits per heavy atom. The van der Waals surface area contributed by atoms with E-state index >= 15 is 0 Å². The summed E-state index contributed by atoms with van der Waals surface area (Å²) in [7, 11) is 0. The number of nitro groups is 1. The van der Waals surface area contributed by atoms with E-state index in [-0.39, 0.29) is 24.8 Å². The van der Waals surface area contributed by atoms with Crippen LogP contribution in [0, 0.1) is 10.1 Å². The van der Waals surface area contributed by atoms with Crippen molar-refractivity contribution in [2.24, 2.45) is 0 Å². The third-order valence-corrected chi connectivity index (χ3v) is 1.96. The minimum Gasteiger partial charge on any atom is -0.394 e. The highest BCUT2D eigenvalue weighted by Gasteiger charge is 2.23. The summed E-state index contributed by atoms with van der Waals surface area (Å²) in [6.07, 6.45) is 2.09. The Hall–Kier alpha value is -1.80. The molecule has 3 N–H and O–H groups in total. The minimum atomic E-state index is -0.962. The van der Waals surface area contributed by atoms with Crippen LogP contribution >= 0.6 is 0 Å². The molecular weight excluding hydrogens is 216 g/mol. The second-order valence-corrected chi connectivity index (χ2v) is 3.52. The van der Waals surface area contributed by atoms with Gasteiger partial charge in [0.25, 0.3) is 0 Å². The van der Waals surface area contributed by atoms with E-state index in [9.17, 15) is 10.1 Å². The molecule has 8 heteroatoms. The topological polar surface area (TPSA) is 121 Å². The summed E-state index contributed by atoms with van der Waals surface area (Å²) in [5.41, 5.74) is -1.18. The molecule has 0 saturated heterocycles. The second-order valence-electron chi connectivity index (χ2n) is 3.52. The molecule has 0 fully saturated rings. The number of aliphatic hydroxyl groups excluding tert-OH is 2. The van der Waals surface area contributed by atoms with Crippen molar-refractivity contribution in [3.05, 3.63) is 22.5 Å². The van der Waals surface area contributed by atoms with Gasteiger partial charge in [-0.3, -0.25) is 10.1 Å². The highest BCUT2D eigenvalue weighted by Crippen LogP contribution is 2.12. The Kier molecular flexibility index (Phi) is 3.69. The third-order valence-electron chi connectivity index (χ3n) is 1.96. The first-order chi connectivity index (χ1) is 7.50. The number of hydrogen-bond donors (Lipinski definition) is 3. The lowest BCUT2D eigenvalue weighted by Gasteiger charge is -2.25. The summed E-state index contributed by atoms with van der Waals surface area (Å²) in [6.45, 7) is 0.936. The van der Waals surface area contributed by atoms with Crippen molar-refractivity contribution < 1.29 is 15.1 Å². The molecule has 0 radical (unpaired) electrons. The maximum absolute atomic E-state index is 10.3. The quantitative estimate of drug-likeness (QED) is 0.460. The Bertz CT molecular complexity index is 363. The van der Waals surface area contributed by atoms with Gasteiger partial charge in [0.05, 0.1) is 23.7 Å². The molecule has 0 aliphatic carbocycles. The number of nitrogens with one attached hydrogen (secondary N) is 1. The molecule has 0 aliphatic rings. The maximum Gasteiger partial charge on any atom is 0.305 e. The van der Waals surface area contributed by atoms with Crippen LogP contribution in [0.4, 0.5) is 11.6 Å². The summed E-state index contributed by atoms with van der Waals surface area (Å²) in [6, 6.07) is 0. The lowest BCUT2D eigenvalue weighted by atomic mass is 10.1. The molecule has 1 aromatic rings. The molecule has 1 rings (SSSR count). The molecule has 0 aliphatic heterocycles. The van der Waals surface area contributed by atoms with Gasteiger partial charge in [-0.2, -0.15) is 0 Å². The normalized spacial score (nSPS) is 11.2. The van der Waals surface area contributed by atoms with Crippen LogP contribution in [0.5, 0.6) is 0 Å². The third kappa shape index (κ3) is 2.84. The van der Waals surface area contributed by atoms with Crippen LogP contribution in [0.25, 0.3) is 0 Å².